The Kier molecular flexibility index (Phi) is 26.0. The maximum atomic E-state index is 11.9. The van der Waals surface area contributed by atoms with E-state index in [1.807, 2.05) is 0 Å². The maximum Gasteiger partial charge on any atom is 2.00 e. The van der Waals surface area contributed by atoms with E-state index in [2.05, 4.69) is 92.7 Å². The molecule has 0 saturated carbocycles. The summed E-state index contributed by atoms with van der Waals surface area (Å²) >= 11 is 0. The van der Waals surface area contributed by atoms with Gasteiger partial charge < -0.3 is 19.4 Å². The van der Waals surface area contributed by atoms with Crippen molar-refractivity contribution >= 4 is 11.4 Å². The SMILES string of the molecule is CCCCCCc1cc(C2=CC(CCCC)=C(c3cc(C)c(C)c(C)c3)[N+]2=[N-])cc(CCCCCC)c1CCCCCC.[CH2-]C.[CH2-]C.[Pd+2]. The van der Waals surface area contributed by atoms with Gasteiger partial charge in [-0.3, -0.25) is 0 Å². The predicted octanol–water partition coefficient (Wildman–Crippen LogP) is 14.6. The van der Waals surface area contributed by atoms with E-state index < -0.39 is 0 Å². The molecule has 3 rings (SSSR count). The van der Waals surface area contributed by atoms with Crippen molar-refractivity contribution in [2.45, 2.75) is 178 Å². The van der Waals surface area contributed by atoms with Crippen molar-refractivity contribution in [3.8, 4) is 0 Å². The molecule has 0 spiro atoms. The Morgan fingerprint density at radius 1 is 0.542 bits per heavy atom. The van der Waals surface area contributed by atoms with Gasteiger partial charge in [-0.15, -0.1) is 0 Å². The van der Waals surface area contributed by atoms with Crippen LogP contribution in [0.3, 0.4) is 0 Å². The second-order valence-electron chi connectivity index (χ2n) is 13.3. The molecule has 1 aliphatic rings. The molecule has 1 aliphatic heterocycles. The van der Waals surface area contributed by atoms with Crippen molar-refractivity contribution in [3.63, 3.8) is 0 Å². The van der Waals surface area contributed by atoms with E-state index in [4.69, 9.17) is 0 Å². The zero-order valence-corrected chi connectivity index (χ0v) is 34.3. The molecule has 0 amide bonds. The van der Waals surface area contributed by atoms with Crippen molar-refractivity contribution < 1.29 is 25.1 Å². The number of aryl methyl sites for hydroxylation is 4. The third kappa shape index (κ3) is 14.2. The molecule has 0 radical (unpaired) electrons. The van der Waals surface area contributed by atoms with Gasteiger partial charge in [0.15, 0.2) is 0 Å². The molecular weight excluding hydrogens is 675 g/mol. The van der Waals surface area contributed by atoms with Crippen LogP contribution in [0.5, 0.6) is 0 Å². The van der Waals surface area contributed by atoms with Crippen LogP contribution in [-0.2, 0) is 39.7 Å². The molecule has 2 aromatic carbocycles. The van der Waals surface area contributed by atoms with Crippen molar-refractivity contribution in [2.75, 3.05) is 0 Å². The molecule has 0 fully saturated rings. The normalized spacial score (nSPS) is 12.2. The number of hydrogen-bond donors (Lipinski definition) is 0. The summed E-state index contributed by atoms with van der Waals surface area (Å²) in [5.41, 5.74) is 26.1. The largest absolute Gasteiger partial charge is 2.00 e. The van der Waals surface area contributed by atoms with Gasteiger partial charge in [0.1, 0.15) is 0 Å². The van der Waals surface area contributed by atoms with Gasteiger partial charge in [0.05, 0.1) is 0 Å². The fraction of sp³-hybridized carbons (Fsp3) is 0.600. The van der Waals surface area contributed by atoms with Crippen LogP contribution in [0.4, 0.5) is 0 Å². The number of nitrogens with zero attached hydrogens (tertiary/aromatic N) is 2. The molecular formula is C45H72N2Pd. The van der Waals surface area contributed by atoms with Crippen LogP contribution in [0, 0.1) is 34.6 Å². The Hall–Kier alpha value is -1.82. The Balaban J connectivity index is 0.00000425. The summed E-state index contributed by atoms with van der Waals surface area (Å²) in [6.07, 6.45) is 24.5. The molecule has 0 aromatic heterocycles. The molecule has 2 nitrogen and oxygen atoms in total. The van der Waals surface area contributed by atoms with Gasteiger partial charge in [-0.05, 0) is 130 Å². The van der Waals surface area contributed by atoms with Gasteiger partial charge in [-0.1, -0.05) is 91.9 Å². The molecule has 3 heteroatoms. The molecule has 0 atom stereocenters. The number of allylic oxidation sites excluding steroid dienone is 2. The predicted molar refractivity (Wildman–Crippen MR) is 211 cm³/mol. The summed E-state index contributed by atoms with van der Waals surface area (Å²) in [6.45, 7) is 25.7. The molecule has 2 aromatic rings. The molecule has 1 heterocycles. The average Bonchev–Trinajstić information content (AvgIpc) is 3.42. The van der Waals surface area contributed by atoms with Gasteiger partial charge in [0.25, 0.3) is 0 Å². The molecule has 0 unspecified atom stereocenters. The van der Waals surface area contributed by atoms with Crippen LogP contribution in [0.2, 0.25) is 0 Å². The fourth-order valence-electron chi connectivity index (χ4n) is 6.72. The smallest absolute Gasteiger partial charge is 0.493 e. The van der Waals surface area contributed by atoms with Crippen molar-refractivity contribution in [1.29, 1.82) is 0 Å². The van der Waals surface area contributed by atoms with Gasteiger partial charge >= 0.3 is 20.4 Å². The summed E-state index contributed by atoms with van der Waals surface area (Å²) in [5.74, 6) is 0. The van der Waals surface area contributed by atoms with Crippen molar-refractivity contribution in [2.24, 2.45) is 0 Å². The van der Waals surface area contributed by atoms with Crippen LogP contribution in [-0.4, -0.2) is 4.70 Å². The number of unbranched alkanes of at least 4 members (excludes halogenated alkanes) is 10. The number of benzene rings is 2. The van der Waals surface area contributed by atoms with Gasteiger partial charge in [-0.2, -0.15) is 13.8 Å². The van der Waals surface area contributed by atoms with Crippen LogP contribution in [0.1, 0.15) is 182 Å². The number of hydrogen-bond acceptors (Lipinski definition) is 0. The molecule has 272 valence electrons. The summed E-state index contributed by atoms with van der Waals surface area (Å²) in [7, 11) is 0. The minimum Gasteiger partial charge on any atom is -0.493 e. The first kappa shape index (κ1) is 46.2. The first-order valence-corrected chi connectivity index (χ1v) is 19.4. The van der Waals surface area contributed by atoms with Crippen molar-refractivity contribution in [3.05, 3.63) is 99.8 Å². The fourth-order valence-corrected chi connectivity index (χ4v) is 6.72. The van der Waals surface area contributed by atoms with Crippen LogP contribution < -0.4 is 0 Å². The Labute approximate surface area is 312 Å². The van der Waals surface area contributed by atoms with E-state index in [0.717, 1.165) is 49.1 Å². The Morgan fingerprint density at radius 3 is 1.42 bits per heavy atom. The van der Waals surface area contributed by atoms with Crippen LogP contribution in [0.15, 0.2) is 35.9 Å². The van der Waals surface area contributed by atoms with Crippen LogP contribution >= 0.6 is 0 Å². The summed E-state index contributed by atoms with van der Waals surface area (Å²) < 4.78 is 1.53. The van der Waals surface area contributed by atoms with Crippen LogP contribution in [0.25, 0.3) is 16.9 Å². The summed E-state index contributed by atoms with van der Waals surface area (Å²) in [6, 6.07) is 9.44. The minimum atomic E-state index is 0. The second-order valence-corrected chi connectivity index (χ2v) is 13.3. The quantitative estimate of drug-likeness (QED) is 0.0558. The topological polar surface area (TPSA) is 25.3 Å². The van der Waals surface area contributed by atoms with Gasteiger partial charge in [0.2, 0.25) is 11.4 Å². The van der Waals surface area contributed by atoms with Gasteiger partial charge in [0, 0.05) is 22.8 Å². The standard InChI is InChI=1S/C41H62N2.2C2H5.Pd/c1-8-12-16-19-23-34-28-37(29-35(24-20-17-13-9-2)39(34)25-21-18-14-10-3)40-30-36(22-15-11-4)41(43(40)42)38-26-31(5)33(7)32(6)27-38;2*1-2;/h26-30H,8-25H2,1-7H3;2*1H2,2H3;/q;2*-1;+2. The summed E-state index contributed by atoms with van der Waals surface area (Å²) in [4.78, 5) is 0. The van der Waals surface area contributed by atoms with Crippen molar-refractivity contribution in [1.82, 2.24) is 0 Å². The first-order chi connectivity index (χ1) is 22.9. The van der Waals surface area contributed by atoms with Gasteiger partial charge in [-0.25, -0.2) is 4.70 Å². The Bertz CT molecular complexity index is 1210. The molecule has 48 heavy (non-hydrogen) atoms. The monoisotopic (exact) mass is 746 g/mol. The molecule has 0 aliphatic carbocycles. The van der Waals surface area contributed by atoms with E-state index >= 15 is 0 Å². The van der Waals surface area contributed by atoms with E-state index in [0.29, 0.717) is 0 Å². The van der Waals surface area contributed by atoms with E-state index in [1.54, 1.807) is 19.4 Å². The second kappa shape index (κ2) is 27.0. The zero-order chi connectivity index (χ0) is 35.2. The minimum absolute atomic E-state index is 0. The molecule has 0 saturated heterocycles. The maximum absolute atomic E-state index is 11.9. The zero-order valence-electron chi connectivity index (χ0n) is 32.7. The molecule has 0 bridgehead atoms. The van der Waals surface area contributed by atoms with E-state index in [9.17, 15) is 5.53 Å². The van der Waals surface area contributed by atoms with E-state index in [1.165, 1.54) is 127 Å². The average molecular weight is 748 g/mol. The third-order valence-electron chi connectivity index (χ3n) is 9.67. The third-order valence-corrected chi connectivity index (χ3v) is 9.67. The number of rotatable bonds is 20. The molecule has 0 N–H and O–H groups in total. The van der Waals surface area contributed by atoms with E-state index in [-0.39, 0.29) is 20.4 Å². The Morgan fingerprint density at radius 2 is 0.979 bits per heavy atom. The summed E-state index contributed by atoms with van der Waals surface area (Å²) in [5, 5.41) is 0. The first-order valence-electron chi connectivity index (χ1n) is 19.4.